The second kappa shape index (κ2) is 7.28. The Morgan fingerprint density at radius 1 is 1.06 bits per heavy atom. The van der Waals surface area contributed by atoms with E-state index in [-0.39, 0.29) is 24.1 Å². The molecule has 2 heterocycles. The monoisotopic (exact) mass is 418 g/mol. The first kappa shape index (κ1) is 18.9. The molecule has 7 heteroatoms. The van der Waals surface area contributed by atoms with Gasteiger partial charge in [0.25, 0.3) is 0 Å². The molecule has 154 valence electrons. The molecule has 0 radical (unpaired) electrons. The molecular formula is C24H15FO6. The van der Waals surface area contributed by atoms with Gasteiger partial charge in [0.1, 0.15) is 17.3 Å². The Kier molecular flexibility index (Phi) is 4.43. The summed E-state index contributed by atoms with van der Waals surface area (Å²) in [5.41, 5.74) is 1.65. The van der Waals surface area contributed by atoms with Crippen molar-refractivity contribution < 1.29 is 32.9 Å². The fraction of sp³-hybridized carbons (Fsp3) is 0.0833. The summed E-state index contributed by atoms with van der Waals surface area (Å²) in [6.45, 7) is 1.80. The first-order valence-corrected chi connectivity index (χ1v) is 9.45. The number of esters is 1. The van der Waals surface area contributed by atoms with Gasteiger partial charge < -0.3 is 18.9 Å². The van der Waals surface area contributed by atoms with Gasteiger partial charge in [-0.25, -0.2) is 9.18 Å². The summed E-state index contributed by atoms with van der Waals surface area (Å²) >= 11 is 0. The van der Waals surface area contributed by atoms with E-state index in [1.807, 2.05) is 0 Å². The number of ketones is 1. The van der Waals surface area contributed by atoms with Crippen LogP contribution in [0.5, 0.6) is 23.0 Å². The predicted octanol–water partition coefficient (Wildman–Crippen LogP) is 4.70. The Labute approximate surface area is 176 Å². The zero-order valence-corrected chi connectivity index (χ0v) is 16.3. The molecule has 0 aliphatic carbocycles. The van der Waals surface area contributed by atoms with Gasteiger partial charge in [0.15, 0.2) is 17.3 Å². The Morgan fingerprint density at radius 3 is 2.74 bits per heavy atom. The Morgan fingerprint density at radius 2 is 1.90 bits per heavy atom. The molecule has 3 aromatic carbocycles. The topological polar surface area (TPSA) is 71.1 Å². The Bertz CT molecular complexity index is 1280. The number of allylic oxidation sites excluding steroid dienone is 1. The minimum absolute atomic E-state index is 0.0722. The van der Waals surface area contributed by atoms with Gasteiger partial charge in [-0.2, -0.15) is 0 Å². The van der Waals surface area contributed by atoms with Crippen molar-refractivity contribution in [3.05, 3.63) is 88.4 Å². The molecule has 0 spiro atoms. The van der Waals surface area contributed by atoms with Gasteiger partial charge in [0.2, 0.25) is 12.6 Å². The van der Waals surface area contributed by atoms with Crippen molar-refractivity contribution in [2.75, 3.05) is 6.79 Å². The molecule has 0 fully saturated rings. The number of fused-ring (bicyclic) bond motifs is 2. The van der Waals surface area contributed by atoms with E-state index >= 15 is 0 Å². The first-order valence-electron chi connectivity index (χ1n) is 9.45. The largest absolute Gasteiger partial charge is 0.454 e. The molecule has 0 saturated carbocycles. The van der Waals surface area contributed by atoms with E-state index < -0.39 is 11.8 Å². The van der Waals surface area contributed by atoms with Gasteiger partial charge in [-0.1, -0.05) is 12.1 Å². The van der Waals surface area contributed by atoms with Crippen molar-refractivity contribution in [1.29, 1.82) is 0 Å². The van der Waals surface area contributed by atoms with E-state index in [2.05, 4.69) is 0 Å². The van der Waals surface area contributed by atoms with Crippen LogP contribution in [0.25, 0.3) is 6.08 Å². The summed E-state index contributed by atoms with van der Waals surface area (Å²) < 4.78 is 35.2. The van der Waals surface area contributed by atoms with E-state index in [1.165, 1.54) is 18.2 Å². The maximum Gasteiger partial charge on any atom is 0.343 e. The Hall–Kier alpha value is -4.13. The summed E-state index contributed by atoms with van der Waals surface area (Å²) in [6, 6.07) is 13.7. The van der Waals surface area contributed by atoms with E-state index in [4.69, 9.17) is 18.9 Å². The van der Waals surface area contributed by atoms with Crippen LogP contribution in [0.15, 0.2) is 60.4 Å². The third-order valence-corrected chi connectivity index (χ3v) is 4.99. The van der Waals surface area contributed by atoms with Crippen molar-refractivity contribution in [2.24, 2.45) is 0 Å². The van der Waals surface area contributed by atoms with Crippen molar-refractivity contribution in [1.82, 2.24) is 0 Å². The fourth-order valence-electron chi connectivity index (χ4n) is 3.41. The lowest BCUT2D eigenvalue weighted by atomic mass is 10.1. The molecule has 0 atom stereocenters. The normalized spacial score (nSPS) is 15.0. The Balaban J connectivity index is 1.41. The number of hydrogen-bond donors (Lipinski definition) is 0. The highest BCUT2D eigenvalue weighted by Crippen LogP contribution is 2.40. The smallest absolute Gasteiger partial charge is 0.343 e. The number of carbonyl (C=O) groups is 2. The third-order valence-electron chi connectivity index (χ3n) is 4.99. The minimum Gasteiger partial charge on any atom is -0.454 e. The standard InChI is InChI=1S/C24H15FO6/c1-13-18(31-24(27)15-5-7-19-20(11-15)29-12-28-19)8-6-17-22(26)21(30-23(13)17)10-14-3-2-4-16(25)9-14/h2-11H,12H2,1H3/b21-10-. The van der Waals surface area contributed by atoms with Crippen molar-refractivity contribution in [2.45, 2.75) is 6.92 Å². The summed E-state index contributed by atoms with van der Waals surface area (Å²) in [6.07, 6.45) is 1.48. The molecule has 0 saturated heterocycles. The summed E-state index contributed by atoms with van der Waals surface area (Å²) in [7, 11) is 0. The van der Waals surface area contributed by atoms with Crippen LogP contribution in [-0.4, -0.2) is 18.5 Å². The molecule has 2 aliphatic heterocycles. The van der Waals surface area contributed by atoms with Gasteiger partial charge in [0, 0.05) is 5.56 Å². The lowest BCUT2D eigenvalue weighted by Crippen LogP contribution is -2.09. The highest BCUT2D eigenvalue weighted by molar-refractivity contribution is 6.15. The van der Waals surface area contributed by atoms with Gasteiger partial charge in [0.05, 0.1) is 11.1 Å². The van der Waals surface area contributed by atoms with Crippen molar-refractivity contribution in [3.63, 3.8) is 0 Å². The molecular weight excluding hydrogens is 403 g/mol. The molecule has 6 nitrogen and oxygen atoms in total. The summed E-state index contributed by atoms with van der Waals surface area (Å²) in [5, 5.41) is 0. The molecule has 0 bridgehead atoms. The highest BCUT2D eigenvalue weighted by atomic mass is 19.1. The van der Waals surface area contributed by atoms with E-state index in [0.717, 1.165) is 0 Å². The fourth-order valence-corrected chi connectivity index (χ4v) is 3.41. The second-order valence-corrected chi connectivity index (χ2v) is 7.02. The van der Waals surface area contributed by atoms with Gasteiger partial charge in [-0.15, -0.1) is 0 Å². The summed E-state index contributed by atoms with van der Waals surface area (Å²) in [4.78, 5) is 25.3. The zero-order chi connectivity index (χ0) is 21.5. The van der Waals surface area contributed by atoms with Gasteiger partial charge in [-0.3, -0.25) is 4.79 Å². The van der Waals surface area contributed by atoms with Crippen LogP contribution in [0.4, 0.5) is 4.39 Å². The van der Waals surface area contributed by atoms with Crippen LogP contribution in [0, 0.1) is 12.7 Å². The van der Waals surface area contributed by atoms with E-state index in [9.17, 15) is 14.0 Å². The lowest BCUT2D eigenvalue weighted by molar-refractivity contribution is 0.0732. The molecule has 31 heavy (non-hydrogen) atoms. The van der Waals surface area contributed by atoms with Crippen LogP contribution >= 0.6 is 0 Å². The van der Waals surface area contributed by atoms with Crippen molar-refractivity contribution in [3.8, 4) is 23.0 Å². The number of halogens is 1. The molecule has 5 rings (SSSR count). The maximum absolute atomic E-state index is 13.4. The van der Waals surface area contributed by atoms with Crippen LogP contribution < -0.4 is 18.9 Å². The van der Waals surface area contributed by atoms with Crippen molar-refractivity contribution >= 4 is 17.8 Å². The quantitative estimate of drug-likeness (QED) is 0.349. The average molecular weight is 418 g/mol. The zero-order valence-electron chi connectivity index (χ0n) is 16.3. The van der Waals surface area contributed by atoms with Gasteiger partial charge in [-0.05, 0) is 61.0 Å². The number of carbonyl (C=O) groups excluding carboxylic acids is 2. The number of benzene rings is 3. The summed E-state index contributed by atoms with van der Waals surface area (Å²) in [5.74, 6) is 0.368. The molecule has 3 aromatic rings. The average Bonchev–Trinajstić information content (AvgIpc) is 3.35. The molecule has 0 unspecified atom stereocenters. The predicted molar refractivity (Wildman–Crippen MR) is 108 cm³/mol. The maximum atomic E-state index is 13.4. The highest BCUT2D eigenvalue weighted by Gasteiger charge is 2.30. The van der Waals surface area contributed by atoms with Gasteiger partial charge >= 0.3 is 5.97 Å². The molecule has 0 aromatic heterocycles. The second-order valence-electron chi connectivity index (χ2n) is 7.02. The van der Waals surface area contributed by atoms with Crippen LogP contribution in [0.2, 0.25) is 0 Å². The van der Waals surface area contributed by atoms with E-state index in [0.29, 0.717) is 39.5 Å². The number of hydrogen-bond acceptors (Lipinski definition) is 6. The van der Waals surface area contributed by atoms with E-state index in [1.54, 1.807) is 49.4 Å². The van der Waals surface area contributed by atoms with Crippen LogP contribution in [0.1, 0.15) is 31.8 Å². The number of ether oxygens (including phenoxy) is 4. The molecule has 2 aliphatic rings. The number of rotatable bonds is 3. The number of Topliss-reactive ketones (excluding diaryl/α,β-unsaturated/α-hetero) is 1. The third kappa shape index (κ3) is 3.40. The SMILES string of the molecule is Cc1c(OC(=O)c2ccc3c(c2)OCO3)ccc2c1O/C(=C\c1cccc(F)c1)C2=O. The molecule has 0 N–H and O–H groups in total. The minimum atomic E-state index is -0.582. The lowest BCUT2D eigenvalue weighted by Gasteiger charge is -2.10. The molecule has 0 amide bonds. The first-order chi connectivity index (χ1) is 15.0. The van der Waals surface area contributed by atoms with Crippen LogP contribution in [0.3, 0.4) is 0 Å². The van der Waals surface area contributed by atoms with Crippen LogP contribution in [-0.2, 0) is 0 Å².